The number of aromatic nitrogens is 2. The molecule has 0 radical (unpaired) electrons. The second-order valence-electron chi connectivity index (χ2n) is 5.50. The van der Waals surface area contributed by atoms with E-state index in [1.165, 1.54) is 12.0 Å². The fourth-order valence-corrected chi connectivity index (χ4v) is 2.84. The molecule has 3 aromatic rings. The first kappa shape index (κ1) is 18.2. The van der Waals surface area contributed by atoms with Crippen LogP contribution in [0.3, 0.4) is 0 Å². The highest BCUT2D eigenvalue weighted by molar-refractivity contribution is 6.33. The van der Waals surface area contributed by atoms with Crippen molar-refractivity contribution in [2.75, 3.05) is 14.2 Å². The van der Waals surface area contributed by atoms with Gasteiger partial charge in [0.25, 0.3) is 5.91 Å². The van der Waals surface area contributed by atoms with E-state index < -0.39 is 0 Å². The Morgan fingerprint density at radius 2 is 1.96 bits per heavy atom. The van der Waals surface area contributed by atoms with E-state index in [2.05, 4.69) is 10.1 Å². The predicted octanol–water partition coefficient (Wildman–Crippen LogP) is 4.32. The Bertz CT molecular complexity index is 943. The van der Waals surface area contributed by atoms with Gasteiger partial charge in [-0.1, -0.05) is 40.5 Å². The van der Waals surface area contributed by atoms with E-state index in [0.717, 1.165) is 0 Å². The molecule has 0 N–H and O–H groups in total. The molecule has 2 aromatic carbocycles. The minimum atomic E-state index is -0.230. The van der Waals surface area contributed by atoms with Crippen LogP contribution in [0, 0.1) is 0 Å². The summed E-state index contributed by atoms with van der Waals surface area (Å²) in [6.07, 6.45) is 0. The van der Waals surface area contributed by atoms with Crippen LogP contribution in [0.4, 0.5) is 0 Å². The van der Waals surface area contributed by atoms with Gasteiger partial charge in [0.2, 0.25) is 11.7 Å². The van der Waals surface area contributed by atoms with Crippen molar-refractivity contribution in [3.05, 3.63) is 64.0 Å². The lowest BCUT2D eigenvalue weighted by Crippen LogP contribution is -2.26. The topological polar surface area (TPSA) is 68.5 Å². The van der Waals surface area contributed by atoms with Gasteiger partial charge in [-0.2, -0.15) is 4.98 Å². The first-order chi connectivity index (χ1) is 12.5. The monoisotopic (exact) mass is 391 g/mol. The number of benzene rings is 2. The molecule has 0 saturated carbocycles. The summed E-state index contributed by atoms with van der Waals surface area (Å²) in [4.78, 5) is 18.3. The van der Waals surface area contributed by atoms with E-state index in [1.807, 2.05) is 12.1 Å². The van der Waals surface area contributed by atoms with E-state index in [-0.39, 0.29) is 12.5 Å². The first-order valence-corrected chi connectivity index (χ1v) is 8.41. The number of nitrogens with zero attached hydrogens (tertiary/aromatic N) is 3. The number of hydrogen-bond acceptors (Lipinski definition) is 5. The highest BCUT2D eigenvalue weighted by Gasteiger charge is 2.18. The Morgan fingerprint density at radius 1 is 1.19 bits per heavy atom. The molecular weight excluding hydrogens is 377 g/mol. The quantitative estimate of drug-likeness (QED) is 0.647. The van der Waals surface area contributed by atoms with E-state index in [4.69, 9.17) is 32.5 Å². The van der Waals surface area contributed by atoms with Crippen LogP contribution in [-0.4, -0.2) is 35.1 Å². The molecule has 1 aromatic heterocycles. The van der Waals surface area contributed by atoms with Gasteiger partial charge in [-0.15, -0.1) is 0 Å². The lowest BCUT2D eigenvalue weighted by atomic mass is 10.2. The van der Waals surface area contributed by atoms with Gasteiger partial charge in [0.1, 0.15) is 5.75 Å². The highest BCUT2D eigenvalue weighted by Crippen LogP contribution is 2.26. The van der Waals surface area contributed by atoms with Crippen molar-refractivity contribution in [2.45, 2.75) is 6.54 Å². The Balaban J connectivity index is 1.74. The fraction of sp³-hybridized carbons (Fsp3) is 0.167. The summed E-state index contributed by atoms with van der Waals surface area (Å²) in [5.41, 5.74) is 1.10. The molecule has 1 amide bonds. The molecule has 0 spiro atoms. The molecule has 1 heterocycles. The second kappa shape index (κ2) is 7.76. The molecule has 0 unspecified atom stereocenters. The SMILES string of the molecule is COc1ccc(C(=O)N(C)Cc2nc(-c3ccccc3Cl)no2)cc1Cl. The zero-order valence-corrected chi connectivity index (χ0v) is 15.6. The summed E-state index contributed by atoms with van der Waals surface area (Å²) >= 11 is 12.2. The largest absolute Gasteiger partial charge is 0.495 e. The number of methoxy groups -OCH3 is 1. The maximum atomic E-state index is 12.5. The van der Waals surface area contributed by atoms with E-state index >= 15 is 0 Å². The molecule has 134 valence electrons. The smallest absolute Gasteiger partial charge is 0.254 e. The van der Waals surface area contributed by atoms with Crippen LogP contribution < -0.4 is 4.74 Å². The molecule has 0 aliphatic carbocycles. The van der Waals surface area contributed by atoms with Crippen LogP contribution in [0.2, 0.25) is 10.0 Å². The molecule has 8 heteroatoms. The molecule has 0 atom stereocenters. The zero-order valence-electron chi connectivity index (χ0n) is 14.1. The van der Waals surface area contributed by atoms with Crippen molar-refractivity contribution in [1.29, 1.82) is 0 Å². The number of hydrogen-bond donors (Lipinski definition) is 0. The van der Waals surface area contributed by atoms with Crippen molar-refractivity contribution in [3.8, 4) is 17.1 Å². The van der Waals surface area contributed by atoms with Crippen LogP contribution >= 0.6 is 23.2 Å². The fourth-order valence-electron chi connectivity index (χ4n) is 2.37. The molecule has 0 aliphatic heterocycles. The maximum absolute atomic E-state index is 12.5. The summed E-state index contributed by atoms with van der Waals surface area (Å²) in [7, 11) is 3.15. The number of carbonyl (C=O) groups is 1. The summed E-state index contributed by atoms with van der Waals surface area (Å²) in [6, 6.07) is 12.0. The molecule has 0 fully saturated rings. The lowest BCUT2D eigenvalue weighted by molar-refractivity contribution is 0.0769. The predicted molar refractivity (Wildman–Crippen MR) is 98.5 cm³/mol. The summed E-state index contributed by atoms with van der Waals surface area (Å²) in [5, 5.41) is 4.81. The van der Waals surface area contributed by atoms with Gasteiger partial charge in [-0.25, -0.2) is 0 Å². The van der Waals surface area contributed by atoms with Crippen LogP contribution in [0.15, 0.2) is 47.0 Å². The van der Waals surface area contributed by atoms with Crippen molar-refractivity contribution in [3.63, 3.8) is 0 Å². The Hall–Kier alpha value is -2.57. The number of halogens is 2. The van der Waals surface area contributed by atoms with Crippen molar-refractivity contribution in [2.24, 2.45) is 0 Å². The second-order valence-corrected chi connectivity index (χ2v) is 6.32. The maximum Gasteiger partial charge on any atom is 0.254 e. The lowest BCUT2D eigenvalue weighted by Gasteiger charge is -2.15. The summed E-state index contributed by atoms with van der Waals surface area (Å²) < 4.78 is 10.3. The molecule has 0 saturated heterocycles. The number of ether oxygens (including phenoxy) is 1. The Labute approximate surface area is 160 Å². The molecule has 3 rings (SSSR count). The third-order valence-corrected chi connectivity index (χ3v) is 4.33. The Morgan fingerprint density at radius 3 is 2.65 bits per heavy atom. The standard InChI is InChI=1S/C18H15Cl2N3O3/c1-23(18(24)11-7-8-15(25-2)14(20)9-11)10-16-21-17(22-26-16)12-5-3-4-6-13(12)19/h3-9H,10H2,1-2H3. The van der Waals surface area contributed by atoms with Gasteiger partial charge in [0.15, 0.2) is 0 Å². The van der Waals surface area contributed by atoms with Crippen molar-refractivity contribution >= 4 is 29.1 Å². The van der Waals surface area contributed by atoms with Crippen molar-refractivity contribution < 1.29 is 14.1 Å². The third-order valence-electron chi connectivity index (χ3n) is 3.70. The molecule has 6 nitrogen and oxygen atoms in total. The molecule has 26 heavy (non-hydrogen) atoms. The average Bonchev–Trinajstić information content (AvgIpc) is 3.09. The molecular formula is C18H15Cl2N3O3. The minimum Gasteiger partial charge on any atom is -0.495 e. The van der Waals surface area contributed by atoms with Gasteiger partial charge in [-0.3, -0.25) is 4.79 Å². The van der Waals surface area contributed by atoms with E-state index in [1.54, 1.807) is 37.4 Å². The van der Waals surface area contributed by atoms with Crippen LogP contribution in [-0.2, 0) is 6.54 Å². The number of amides is 1. The van der Waals surface area contributed by atoms with Gasteiger partial charge in [0.05, 0.1) is 23.7 Å². The van der Waals surface area contributed by atoms with E-state index in [0.29, 0.717) is 38.6 Å². The van der Waals surface area contributed by atoms with Crippen molar-refractivity contribution in [1.82, 2.24) is 15.0 Å². The van der Waals surface area contributed by atoms with Gasteiger partial charge in [0, 0.05) is 18.2 Å². The molecule has 0 aliphatic rings. The average molecular weight is 392 g/mol. The van der Waals surface area contributed by atoms with Gasteiger partial charge in [-0.05, 0) is 30.3 Å². The Kier molecular flexibility index (Phi) is 5.44. The third kappa shape index (κ3) is 3.81. The van der Waals surface area contributed by atoms with Crippen LogP contribution in [0.1, 0.15) is 16.2 Å². The highest BCUT2D eigenvalue weighted by atomic mass is 35.5. The van der Waals surface area contributed by atoms with Gasteiger partial charge < -0.3 is 14.2 Å². The van der Waals surface area contributed by atoms with Crippen LogP contribution in [0.5, 0.6) is 5.75 Å². The zero-order chi connectivity index (χ0) is 18.7. The van der Waals surface area contributed by atoms with Gasteiger partial charge >= 0.3 is 0 Å². The summed E-state index contributed by atoms with van der Waals surface area (Å²) in [5.74, 6) is 0.952. The van der Waals surface area contributed by atoms with E-state index in [9.17, 15) is 4.79 Å². The minimum absolute atomic E-state index is 0.153. The molecule has 0 bridgehead atoms. The number of rotatable bonds is 5. The number of carbonyl (C=O) groups excluding carboxylic acids is 1. The first-order valence-electron chi connectivity index (χ1n) is 7.66. The normalized spacial score (nSPS) is 10.6. The van der Waals surface area contributed by atoms with Crippen LogP contribution in [0.25, 0.3) is 11.4 Å². The summed E-state index contributed by atoms with van der Waals surface area (Å²) in [6.45, 7) is 0.153.